The molecule has 0 atom stereocenters. The average Bonchev–Trinajstić information content (AvgIpc) is 2.69. The molecule has 0 aliphatic rings. The van der Waals surface area contributed by atoms with E-state index in [1.807, 2.05) is 24.3 Å². The molecule has 0 aliphatic heterocycles. The van der Waals surface area contributed by atoms with Gasteiger partial charge in [-0.15, -0.1) is 0 Å². The third kappa shape index (κ3) is 4.90. The smallest absolute Gasteiger partial charge is 0.269 e. The highest BCUT2D eigenvalue weighted by Gasteiger charge is 2.14. The van der Waals surface area contributed by atoms with Crippen LogP contribution in [0.5, 0.6) is 5.75 Å². The molecular formula is C22H17BrF2N2O2. The zero-order valence-corrected chi connectivity index (χ0v) is 17.2. The minimum Gasteiger partial charge on any atom is -0.487 e. The van der Waals surface area contributed by atoms with E-state index in [0.29, 0.717) is 18.7 Å². The van der Waals surface area contributed by atoms with E-state index in [2.05, 4.69) is 22.0 Å². The molecule has 0 aliphatic carbocycles. The van der Waals surface area contributed by atoms with Gasteiger partial charge >= 0.3 is 0 Å². The summed E-state index contributed by atoms with van der Waals surface area (Å²) in [7, 11) is 0. The second-order valence-corrected chi connectivity index (χ2v) is 7.33. The van der Waals surface area contributed by atoms with Crippen LogP contribution in [0.2, 0.25) is 0 Å². The zero-order chi connectivity index (χ0) is 21.0. The van der Waals surface area contributed by atoms with Crippen molar-refractivity contribution in [3.63, 3.8) is 0 Å². The summed E-state index contributed by atoms with van der Waals surface area (Å²) >= 11 is 3.27. The molecule has 2 aromatic carbocycles. The SMILES string of the molecule is Cc1cc(OCc2ccc(F)cc2F)c(Br)c(=O)n1Cc1cccc(CC#N)c1. The fourth-order valence-electron chi connectivity index (χ4n) is 2.92. The van der Waals surface area contributed by atoms with Gasteiger partial charge in [0.15, 0.2) is 0 Å². The molecule has 1 aromatic heterocycles. The molecule has 4 nitrogen and oxygen atoms in total. The molecule has 0 N–H and O–H groups in total. The lowest BCUT2D eigenvalue weighted by Crippen LogP contribution is -2.24. The Morgan fingerprint density at radius 2 is 1.90 bits per heavy atom. The zero-order valence-electron chi connectivity index (χ0n) is 15.6. The second kappa shape index (κ2) is 9.01. The van der Waals surface area contributed by atoms with Gasteiger partial charge in [-0.25, -0.2) is 8.78 Å². The molecule has 1 heterocycles. The van der Waals surface area contributed by atoms with Gasteiger partial charge in [-0.05, 0) is 46.1 Å². The summed E-state index contributed by atoms with van der Waals surface area (Å²) in [6.45, 7) is 1.98. The molecule has 0 amide bonds. The first-order valence-corrected chi connectivity index (χ1v) is 9.59. The van der Waals surface area contributed by atoms with Gasteiger partial charge < -0.3 is 9.30 Å². The van der Waals surface area contributed by atoms with Crippen LogP contribution in [0.25, 0.3) is 0 Å². The molecule has 0 radical (unpaired) electrons. The van der Waals surface area contributed by atoms with Gasteiger partial charge in [-0.1, -0.05) is 24.3 Å². The van der Waals surface area contributed by atoms with E-state index in [4.69, 9.17) is 10.00 Å². The van der Waals surface area contributed by atoms with Crippen LogP contribution >= 0.6 is 15.9 Å². The van der Waals surface area contributed by atoms with E-state index < -0.39 is 11.6 Å². The van der Waals surface area contributed by atoms with E-state index in [0.717, 1.165) is 23.3 Å². The molecule has 0 unspecified atom stereocenters. The lowest BCUT2D eigenvalue weighted by Gasteiger charge is -2.15. The molecule has 0 saturated carbocycles. The Bertz CT molecular complexity index is 1150. The van der Waals surface area contributed by atoms with Crippen molar-refractivity contribution in [2.45, 2.75) is 26.5 Å². The van der Waals surface area contributed by atoms with Crippen LogP contribution in [-0.4, -0.2) is 4.57 Å². The highest BCUT2D eigenvalue weighted by molar-refractivity contribution is 9.10. The van der Waals surface area contributed by atoms with E-state index in [1.165, 1.54) is 6.07 Å². The van der Waals surface area contributed by atoms with Crippen molar-refractivity contribution < 1.29 is 13.5 Å². The predicted molar refractivity (Wildman–Crippen MR) is 109 cm³/mol. The molecule has 0 saturated heterocycles. The van der Waals surface area contributed by atoms with E-state index >= 15 is 0 Å². The van der Waals surface area contributed by atoms with Gasteiger partial charge in [0, 0.05) is 23.4 Å². The van der Waals surface area contributed by atoms with Crippen molar-refractivity contribution in [3.8, 4) is 11.8 Å². The van der Waals surface area contributed by atoms with Crippen molar-refractivity contribution in [2.24, 2.45) is 0 Å². The number of benzene rings is 2. The molecule has 3 rings (SSSR count). The van der Waals surface area contributed by atoms with Crippen LogP contribution < -0.4 is 10.3 Å². The van der Waals surface area contributed by atoms with E-state index in [-0.39, 0.29) is 28.0 Å². The molecule has 0 bridgehead atoms. The highest BCUT2D eigenvalue weighted by Crippen LogP contribution is 2.24. The maximum Gasteiger partial charge on any atom is 0.269 e. The third-order valence-electron chi connectivity index (χ3n) is 4.43. The topological polar surface area (TPSA) is 55.0 Å². The normalized spacial score (nSPS) is 10.6. The average molecular weight is 459 g/mol. The van der Waals surface area contributed by atoms with Gasteiger partial charge in [0.25, 0.3) is 5.56 Å². The summed E-state index contributed by atoms with van der Waals surface area (Å²) in [5, 5.41) is 8.85. The van der Waals surface area contributed by atoms with Crippen molar-refractivity contribution in [2.75, 3.05) is 0 Å². The summed E-state index contributed by atoms with van der Waals surface area (Å²) in [4.78, 5) is 12.8. The molecule has 3 aromatic rings. The van der Waals surface area contributed by atoms with Crippen molar-refractivity contribution >= 4 is 15.9 Å². The molecule has 0 fully saturated rings. The van der Waals surface area contributed by atoms with Gasteiger partial charge in [0.2, 0.25) is 0 Å². The first kappa shape index (κ1) is 20.7. The molecule has 29 heavy (non-hydrogen) atoms. The first-order valence-electron chi connectivity index (χ1n) is 8.80. The van der Waals surface area contributed by atoms with Crippen LogP contribution in [0.3, 0.4) is 0 Å². The Labute approximate surface area is 175 Å². The van der Waals surface area contributed by atoms with Crippen LogP contribution in [0, 0.1) is 29.9 Å². The maximum absolute atomic E-state index is 13.8. The number of ether oxygens (including phenoxy) is 1. The largest absolute Gasteiger partial charge is 0.487 e. The summed E-state index contributed by atoms with van der Waals surface area (Å²) in [6, 6.07) is 14.5. The Morgan fingerprint density at radius 1 is 1.14 bits per heavy atom. The number of nitriles is 1. The van der Waals surface area contributed by atoms with Crippen molar-refractivity contribution in [1.82, 2.24) is 4.57 Å². The number of nitrogens with zero attached hydrogens (tertiary/aromatic N) is 2. The Balaban J connectivity index is 1.83. The third-order valence-corrected chi connectivity index (χ3v) is 5.16. The highest BCUT2D eigenvalue weighted by atomic mass is 79.9. The number of rotatable bonds is 6. The van der Waals surface area contributed by atoms with Crippen molar-refractivity contribution in [1.29, 1.82) is 5.26 Å². The Morgan fingerprint density at radius 3 is 2.62 bits per heavy atom. The van der Waals surface area contributed by atoms with Crippen LogP contribution in [-0.2, 0) is 19.6 Å². The van der Waals surface area contributed by atoms with Gasteiger partial charge in [-0.3, -0.25) is 4.79 Å². The van der Waals surface area contributed by atoms with Gasteiger partial charge in [-0.2, -0.15) is 5.26 Å². The monoisotopic (exact) mass is 458 g/mol. The molecule has 0 spiro atoms. The van der Waals surface area contributed by atoms with Gasteiger partial charge in [0.1, 0.15) is 28.5 Å². The lowest BCUT2D eigenvalue weighted by atomic mass is 10.1. The summed E-state index contributed by atoms with van der Waals surface area (Å²) in [5.74, 6) is -1.08. The Hall–Kier alpha value is -2.98. The standard InChI is InChI=1S/C22H17BrF2N2O2/c1-14-9-20(29-13-17-5-6-18(24)11-19(17)25)21(23)22(28)27(14)12-16-4-2-3-15(10-16)7-8-26/h2-6,9-11H,7,12-13H2,1H3. The van der Waals surface area contributed by atoms with Crippen molar-refractivity contribution in [3.05, 3.63) is 97.4 Å². The Kier molecular flexibility index (Phi) is 6.45. The van der Waals surface area contributed by atoms with E-state index in [9.17, 15) is 13.6 Å². The number of aryl methyl sites for hydroxylation is 1. The molecule has 148 valence electrons. The number of aromatic nitrogens is 1. The number of pyridine rings is 1. The van der Waals surface area contributed by atoms with Crippen LogP contribution in [0.4, 0.5) is 8.78 Å². The molecular weight excluding hydrogens is 442 g/mol. The fourth-order valence-corrected chi connectivity index (χ4v) is 3.37. The maximum atomic E-state index is 13.8. The summed E-state index contributed by atoms with van der Waals surface area (Å²) in [6.07, 6.45) is 0.304. The number of hydrogen-bond acceptors (Lipinski definition) is 3. The number of halogens is 3. The summed E-state index contributed by atoms with van der Waals surface area (Å²) in [5.41, 5.74) is 2.35. The van der Waals surface area contributed by atoms with Crippen LogP contribution in [0.1, 0.15) is 22.4 Å². The minimum atomic E-state index is -0.705. The van der Waals surface area contributed by atoms with Gasteiger partial charge in [0.05, 0.1) is 19.0 Å². The number of hydrogen-bond donors (Lipinski definition) is 0. The van der Waals surface area contributed by atoms with Crippen LogP contribution in [0.15, 0.2) is 57.8 Å². The second-order valence-electron chi connectivity index (χ2n) is 6.53. The quantitative estimate of drug-likeness (QED) is 0.528. The van der Waals surface area contributed by atoms with E-state index in [1.54, 1.807) is 17.6 Å². The molecule has 7 heteroatoms. The fraction of sp³-hybridized carbons (Fsp3) is 0.182. The summed E-state index contributed by atoms with van der Waals surface area (Å²) < 4.78 is 34.2. The first-order chi connectivity index (χ1) is 13.9. The minimum absolute atomic E-state index is 0.135. The lowest BCUT2D eigenvalue weighted by molar-refractivity contribution is 0.296. The predicted octanol–water partition coefficient (Wildman–Crippen LogP) is 4.89.